The fourth-order valence-electron chi connectivity index (χ4n) is 3.84. The molecule has 190 valence electrons. The zero-order chi connectivity index (χ0) is 26.1. The fourth-order valence-corrected chi connectivity index (χ4v) is 4.07. The molecule has 0 bridgehead atoms. The zero-order valence-corrected chi connectivity index (χ0v) is 19.6. The Balaban J connectivity index is 1.51. The number of fused-ring (bicyclic) bond motifs is 1. The number of nitrogens with zero attached hydrogens (tertiary/aromatic N) is 3. The van der Waals surface area contributed by atoms with Gasteiger partial charge in [0.2, 0.25) is 5.88 Å². The highest BCUT2D eigenvalue weighted by Gasteiger charge is 2.42. The number of hydroxylamine groups is 3. The number of esters is 1. The molecule has 0 fully saturated rings. The van der Waals surface area contributed by atoms with Crippen LogP contribution in [-0.2, 0) is 13.1 Å². The summed E-state index contributed by atoms with van der Waals surface area (Å²) in [5, 5.41) is 13.6. The third-order valence-electron chi connectivity index (χ3n) is 5.90. The Bertz CT molecular complexity index is 1270. The highest BCUT2D eigenvalue weighted by atomic mass is 35.5. The molecule has 2 unspecified atom stereocenters. The fraction of sp³-hybridized carbons (Fsp3) is 0.292. The van der Waals surface area contributed by atoms with Gasteiger partial charge in [-0.15, -0.1) is 0 Å². The number of carbonyl (C=O) groups is 1. The predicted molar refractivity (Wildman–Crippen MR) is 121 cm³/mol. The van der Waals surface area contributed by atoms with Crippen molar-refractivity contribution in [3.05, 3.63) is 87.5 Å². The van der Waals surface area contributed by atoms with E-state index < -0.39 is 41.5 Å². The van der Waals surface area contributed by atoms with Crippen LogP contribution in [-0.4, -0.2) is 39.5 Å². The number of rotatable bonds is 8. The summed E-state index contributed by atoms with van der Waals surface area (Å²) in [7, 11) is 0. The van der Waals surface area contributed by atoms with Crippen LogP contribution in [0, 0.1) is 5.21 Å². The topological polar surface area (TPSA) is 84.4 Å². The zero-order valence-electron chi connectivity index (χ0n) is 18.8. The molecule has 4 rings (SSSR count). The highest BCUT2D eigenvalue weighted by Crippen LogP contribution is 2.40. The number of hydrogen-bond donors (Lipinski definition) is 0. The molecule has 2 atom stereocenters. The number of quaternary nitrogens is 1. The maximum absolute atomic E-state index is 13.8. The average Bonchev–Trinajstić information content (AvgIpc) is 3.20. The highest BCUT2D eigenvalue weighted by molar-refractivity contribution is 6.31. The Morgan fingerprint density at radius 1 is 1.19 bits per heavy atom. The van der Waals surface area contributed by atoms with Crippen LogP contribution in [0.5, 0.6) is 11.6 Å². The van der Waals surface area contributed by atoms with Gasteiger partial charge in [-0.3, -0.25) is 0 Å². The van der Waals surface area contributed by atoms with E-state index in [1.165, 1.54) is 18.5 Å². The lowest BCUT2D eigenvalue weighted by Gasteiger charge is -2.44. The number of benzene rings is 1. The van der Waals surface area contributed by atoms with Gasteiger partial charge < -0.3 is 19.3 Å². The summed E-state index contributed by atoms with van der Waals surface area (Å²) in [4.78, 5) is 20.7. The average molecular weight is 526 g/mol. The maximum Gasteiger partial charge on any atom is 0.362 e. The molecule has 0 radical (unpaired) electrons. The number of ether oxygens (including phenoxy) is 2. The van der Waals surface area contributed by atoms with E-state index in [0.717, 1.165) is 0 Å². The largest absolute Gasteiger partial charge is 0.632 e. The summed E-state index contributed by atoms with van der Waals surface area (Å²) >= 11 is 6.07. The Morgan fingerprint density at radius 3 is 2.58 bits per heavy atom. The van der Waals surface area contributed by atoms with Crippen molar-refractivity contribution in [3.63, 3.8) is 0 Å². The van der Waals surface area contributed by atoms with E-state index in [-0.39, 0.29) is 23.8 Å². The molecule has 1 aliphatic heterocycles. The van der Waals surface area contributed by atoms with Crippen molar-refractivity contribution >= 4 is 17.6 Å². The Morgan fingerprint density at radius 2 is 1.92 bits per heavy atom. The number of carbonyl (C=O) groups excluding carboxylic acids is 1. The Hall–Kier alpha value is -3.28. The van der Waals surface area contributed by atoms with E-state index in [2.05, 4.69) is 14.7 Å². The molecule has 3 aromatic rings. The maximum atomic E-state index is 13.8. The number of alkyl halides is 4. The van der Waals surface area contributed by atoms with Gasteiger partial charge in [0.1, 0.15) is 29.9 Å². The van der Waals surface area contributed by atoms with Crippen molar-refractivity contribution in [2.75, 3.05) is 6.61 Å². The monoisotopic (exact) mass is 525 g/mol. The second kappa shape index (κ2) is 10.00. The van der Waals surface area contributed by atoms with Gasteiger partial charge in [-0.25, -0.2) is 23.5 Å². The number of pyridine rings is 2. The molecule has 0 amide bonds. The minimum atomic E-state index is -4.37. The molecule has 0 N–H and O–H groups in total. The van der Waals surface area contributed by atoms with Crippen LogP contribution >= 0.6 is 11.6 Å². The molecule has 0 saturated heterocycles. The molecule has 1 aliphatic rings. The van der Waals surface area contributed by atoms with Gasteiger partial charge in [0.15, 0.2) is 12.3 Å². The van der Waals surface area contributed by atoms with E-state index >= 15 is 0 Å². The normalized spacial score (nSPS) is 18.1. The van der Waals surface area contributed by atoms with E-state index in [1.54, 1.807) is 43.3 Å². The van der Waals surface area contributed by atoms with Gasteiger partial charge >= 0.3 is 18.3 Å². The number of para-hydroxylation sites is 1. The quantitative estimate of drug-likeness (QED) is 0.123. The van der Waals surface area contributed by atoms with Crippen LogP contribution in [0.1, 0.15) is 40.1 Å². The second-order valence-corrected chi connectivity index (χ2v) is 8.76. The summed E-state index contributed by atoms with van der Waals surface area (Å²) < 4.78 is 60.2. The van der Waals surface area contributed by atoms with Crippen LogP contribution in [0.2, 0.25) is 5.02 Å². The number of halogens is 5. The minimum absolute atomic E-state index is 0.0289. The van der Waals surface area contributed by atoms with E-state index in [4.69, 9.17) is 16.3 Å². The first-order chi connectivity index (χ1) is 17.0. The van der Waals surface area contributed by atoms with Gasteiger partial charge in [-0.1, -0.05) is 29.8 Å². The second-order valence-electron chi connectivity index (χ2n) is 8.35. The summed E-state index contributed by atoms with van der Waals surface area (Å²) in [6, 6.07) is 10.7. The molecular weight excluding hydrogens is 506 g/mol. The molecule has 0 spiro atoms. The molecule has 7 nitrogen and oxygen atoms in total. The van der Waals surface area contributed by atoms with E-state index in [1.807, 2.05) is 0 Å². The third-order valence-corrected chi connectivity index (χ3v) is 6.17. The molecule has 2 aromatic heterocycles. The van der Waals surface area contributed by atoms with Gasteiger partial charge in [0, 0.05) is 29.1 Å². The van der Waals surface area contributed by atoms with Gasteiger partial charge in [0.05, 0.1) is 0 Å². The molecular formula is C24H20ClF4N3O4. The van der Waals surface area contributed by atoms with Crippen molar-refractivity contribution in [3.8, 4) is 11.6 Å². The number of hydrogen-bond acceptors (Lipinski definition) is 6. The molecule has 12 heteroatoms. The van der Waals surface area contributed by atoms with Crippen LogP contribution in [0.25, 0.3) is 0 Å². The molecule has 3 heterocycles. The van der Waals surface area contributed by atoms with E-state index in [9.17, 15) is 27.6 Å². The number of aromatic nitrogens is 2. The Labute approximate surface area is 208 Å². The van der Waals surface area contributed by atoms with Crippen molar-refractivity contribution < 1.29 is 36.5 Å². The van der Waals surface area contributed by atoms with Crippen LogP contribution in [0.3, 0.4) is 0 Å². The first-order valence-corrected chi connectivity index (χ1v) is 11.1. The smallest absolute Gasteiger partial charge is 0.362 e. The van der Waals surface area contributed by atoms with Crippen molar-refractivity contribution in [1.29, 1.82) is 0 Å². The Kier molecular flexibility index (Phi) is 7.17. The lowest BCUT2D eigenvalue weighted by molar-refractivity contribution is -0.928. The van der Waals surface area contributed by atoms with Gasteiger partial charge in [0.25, 0.3) is 0 Å². The van der Waals surface area contributed by atoms with E-state index in [0.29, 0.717) is 22.4 Å². The van der Waals surface area contributed by atoms with Crippen molar-refractivity contribution in [2.45, 2.75) is 38.4 Å². The van der Waals surface area contributed by atoms with Crippen LogP contribution < -0.4 is 9.47 Å². The third kappa shape index (κ3) is 5.28. The lowest BCUT2D eigenvalue weighted by atomic mass is 10.1. The summed E-state index contributed by atoms with van der Waals surface area (Å²) in [5.74, 6) is -5.17. The molecule has 36 heavy (non-hydrogen) atoms. The summed E-state index contributed by atoms with van der Waals surface area (Å²) in [6.45, 7) is -0.0216. The summed E-state index contributed by atoms with van der Waals surface area (Å²) in [6.07, 6.45) is -1.25. The van der Waals surface area contributed by atoms with Gasteiger partial charge in [-0.05, 0) is 31.2 Å². The minimum Gasteiger partial charge on any atom is -0.632 e. The standard InChI is InChI=1S/C24H20ClF4N3O4/c1-14(16-9-19(25)21(31-10-16)35-13-24(28,29)23(26)27)32(34)11-15-7-8-30-20(18(15)12-32)22(33)36-17-5-3-2-4-6-17/h2-10,14,23H,11-13H2,1H3. The molecule has 1 aromatic carbocycles. The molecule has 0 aliphatic carbocycles. The van der Waals surface area contributed by atoms with Gasteiger partial charge in [-0.2, -0.15) is 8.78 Å². The first kappa shape index (κ1) is 25.8. The predicted octanol–water partition coefficient (Wildman–Crippen LogP) is 5.72. The summed E-state index contributed by atoms with van der Waals surface area (Å²) in [5.41, 5.74) is 1.52. The van der Waals surface area contributed by atoms with Crippen molar-refractivity contribution in [2.24, 2.45) is 0 Å². The van der Waals surface area contributed by atoms with Crippen molar-refractivity contribution in [1.82, 2.24) is 9.97 Å². The lowest BCUT2D eigenvalue weighted by Crippen LogP contribution is -2.39. The first-order valence-electron chi connectivity index (χ1n) is 10.8. The molecule has 0 saturated carbocycles. The SMILES string of the molecule is CC(c1cnc(OCC(F)(F)C(F)F)c(Cl)c1)[N+]1([O-])Cc2ccnc(C(=O)Oc3ccccc3)c2C1. The van der Waals surface area contributed by atoms with Crippen LogP contribution in [0.4, 0.5) is 17.6 Å². The van der Waals surface area contributed by atoms with Crippen LogP contribution in [0.15, 0.2) is 54.9 Å².